The molecule has 0 amide bonds. The number of methoxy groups -OCH3 is 1. The Balaban J connectivity index is 2.09. The Morgan fingerprint density at radius 2 is 1.90 bits per heavy atom. The smallest absolute Gasteiger partial charge is 0.201 e. The summed E-state index contributed by atoms with van der Waals surface area (Å²) >= 11 is 5.98. The van der Waals surface area contributed by atoms with E-state index in [4.69, 9.17) is 21.1 Å². The second-order valence-corrected chi connectivity index (χ2v) is 4.75. The number of hydrogen-bond donors (Lipinski definition) is 0. The number of benzene rings is 2. The normalized spacial score (nSPS) is 10.2. The molecule has 0 aliphatic heterocycles. The summed E-state index contributed by atoms with van der Waals surface area (Å²) in [5, 5.41) is 0.428. The topological polar surface area (TPSA) is 35.5 Å². The fourth-order valence-electron chi connectivity index (χ4n) is 1.80. The summed E-state index contributed by atoms with van der Waals surface area (Å²) in [5.41, 5.74) is 1.52. The van der Waals surface area contributed by atoms with Crippen LogP contribution in [0.15, 0.2) is 42.5 Å². The molecule has 0 aliphatic rings. The number of rotatable bonds is 5. The van der Waals surface area contributed by atoms with E-state index >= 15 is 0 Å². The van der Waals surface area contributed by atoms with Crippen molar-refractivity contribution in [3.63, 3.8) is 0 Å². The molecule has 2 aromatic carbocycles. The van der Waals surface area contributed by atoms with Gasteiger partial charge in [0.15, 0.2) is 18.1 Å². The van der Waals surface area contributed by atoms with Gasteiger partial charge >= 0.3 is 0 Å². The van der Waals surface area contributed by atoms with Crippen LogP contribution in [0.4, 0.5) is 0 Å². The molecule has 0 unspecified atom stereocenters. The van der Waals surface area contributed by atoms with Crippen LogP contribution in [0.25, 0.3) is 0 Å². The highest BCUT2D eigenvalue weighted by Gasteiger charge is 2.12. The lowest BCUT2D eigenvalue weighted by molar-refractivity contribution is 0.0919. The fraction of sp³-hybridized carbons (Fsp3) is 0.188. The molecule has 20 heavy (non-hydrogen) atoms. The van der Waals surface area contributed by atoms with Crippen molar-refractivity contribution in [2.24, 2.45) is 0 Å². The van der Waals surface area contributed by atoms with Crippen molar-refractivity contribution < 1.29 is 14.3 Å². The number of aryl methyl sites for hydroxylation is 1. The third kappa shape index (κ3) is 3.31. The molecule has 0 bridgehead atoms. The van der Waals surface area contributed by atoms with Gasteiger partial charge in [-0.1, -0.05) is 29.8 Å². The molecule has 0 N–H and O–H groups in total. The van der Waals surface area contributed by atoms with Gasteiger partial charge in [0.25, 0.3) is 0 Å². The van der Waals surface area contributed by atoms with Crippen molar-refractivity contribution in [3.05, 3.63) is 58.6 Å². The largest absolute Gasteiger partial charge is 0.493 e. The molecule has 2 aromatic rings. The van der Waals surface area contributed by atoms with Crippen molar-refractivity contribution in [1.29, 1.82) is 0 Å². The zero-order valence-corrected chi connectivity index (χ0v) is 12.1. The molecular formula is C16H15ClO3. The van der Waals surface area contributed by atoms with Gasteiger partial charge in [-0.2, -0.15) is 0 Å². The summed E-state index contributed by atoms with van der Waals surface area (Å²) in [7, 11) is 1.57. The van der Waals surface area contributed by atoms with E-state index in [0.29, 0.717) is 22.1 Å². The minimum Gasteiger partial charge on any atom is -0.493 e. The molecule has 0 atom stereocenters. The van der Waals surface area contributed by atoms with Gasteiger partial charge in [0.05, 0.1) is 12.1 Å². The first-order valence-corrected chi connectivity index (χ1v) is 6.55. The van der Waals surface area contributed by atoms with E-state index < -0.39 is 0 Å². The lowest BCUT2D eigenvalue weighted by Crippen LogP contribution is -2.12. The summed E-state index contributed by atoms with van der Waals surface area (Å²) in [4.78, 5) is 12.1. The standard InChI is InChI=1S/C16H15ClO3/c1-11-7-8-15(16(9-11)19-2)20-10-14(18)12-5-3-4-6-13(12)17/h3-9H,10H2,1-2H3. The van der Waals surface area contributed by atoms with Crippen LogP contribution in [-0.2, 0) is 0 Å². The number of ether oxygens (including phenoxy) is 2. The van der Waals surface area contributed by atoms with E-state index in [2.05, 4.69) is 0 Å². The zero-order valence-electron chi connectivity index (χ0n) is 11.4. The number of carbonyl (C=O) groups excluding carboxylic acids is 1. The van der Waals surface area contributed by atoms with Gasteiger partial charge in [0.2, 0.25) is 5.78 Å². The number of hydrogen-bond acceptors (Lipinski definition) is 3. The predicted molar refractivity (Wildman–Crippen MR) is 79.0 cm³/mol. The van der Waals surface area contributed by atoms with Crippen LogP contribution in [0, 0.1) is 6.92 Å². The van der Waals surface area contributed by atoms with Gasteiger partial charge in [-0.05, 0) is 36.8 Å². The Morgan fingerprint density at radius 3 is 2.60 bits per heavy atom. The number of Topliss-reactive ketones (excluding diaryl/α,β-unsaturated/α-hetero) is 1. The predicted octanol–water partition coefficient (Wildman–Crippen LogP) is 3.92. The average molecular weight is 291 g/mol. The zero-order chi connectivity index (χ0) is 14.5. The maximum absolute atomic E-state index is 12.1. The molecule has 0 spiro atoms. The molecule has 0 saturated heterocycles. The molecular weight excluding hydrogens is 276 g/mol. The van der Waals surface area contributed by atoms with E-state index in [1.54, 1.807) is 37.4 Å². The van der Waals surface area contributed by atoms with Gasteiger partial charge in [-0.25, -0.2) is 0 Å². The molecule has 0 radical (unpaired) electrons. The van der Waals surface area contributed by atoms with Gasteiger partial charge in [0.1, 0.15) is 0 Å². The van der Waals surface area contributed by atoms with Gasteiger partial charge < -0.3 is 9.47 Å². The first-order chi connectivity index (χ1) is 9.61. The monoisotopic (exact) mass is 290 g/mol. The lowest BCUT2D eigenvalue weighted by Gasteiger charge is -2.11. The molecule has 4 heteroatoms. The van der Waals surface area contributed by atoms with E-state index in [1.165, 1.54) is 0 Å². The van der Waals surface area contributed by atoms with Crippen LogP contribution in [0.1, 0.15) is 15.9 Å². The molecule has 0 aromatic heterocycles. The van der Waals surface area contributed by atoms with E-state index in [-0.39, 0.29) is 12.4 Å². The maximum atomic E-state index is 12.1. The number of carbonyl (C=O) groups is 1. The summed E-state index contributed by atoms with van der Waals surface area (Å²) in [6, 6.07) is 12.5. The average Bonchev–Trinajstić information content (AvgIpc) is 2.46. The molecule has 0 aliphatic carbocycles. The summed E-state index contributed by atoms with van der Waals surface area (Å²) in [6.45, 7) is 1.88. The number of ketones is 1. The van der Waals surface area contributed by atoms with Gasteiger partial charge in [0, 0.05) is 5.56 Å². The molecule has 0 heterocycles. The van der Waals surface area contributed by atoms with Gasteiger partial charge in [-0.15, -0.1) is 0 Å². The van der Waals surface area contributed by atoms with Crippen molar-refractivity contribution in [2.75, 3.05) is 13.7 Å². The molecule has 0 saturated carbocycles. The van der Waals surface area contributed by atoms with Crippen molar-refractivity contribution in [3.8, 4) is 11.5 Å². The highest BCUT2D eigenvalue weighted by atomic mass is 35.5. The quantitative estimate of drug-likeness (QED) is 0.783. The number of halogens is 1. The fourth-order valence-corrected chi connectivity index (χ4v) is 2.04. The lowest BCUT2D eigenvalue weighted by atomic mass is 10.1. The Hall–Kier alpha value is -2.00. The first kappa shape index (κ1) is 14.4. The van der Waals surface area contributed by atoms with Crippen LogP contribution < -0.4 is 9.47 Å². The Kier molecular flexibility index (Phi) is 4.64. The first-order valence-electron chi connectivity index (χ1n) is 6.17. The van der Waals surface area contributed by atoms with Crippen molar-refractivity contribution in [1.82, 2.24) is 0 Å². The van der Waals surface area contributed by atoms with Crippen LogP contribution in [0.2, 0.25) is 5.02 Å². The summed E-state index contributed by atoms with van der Waals surface area (Å²) in [6.07, 6.45) is 0. The molecule has 2 rings (SSSR count). The SMILES string of the molecule is COc1cc(C)ccc1OCC(=O)c1ccccc1Cl. The summed E-state index contributed by atoms with van der Waals surface area (Å²) < 4.78 is 10.7. The van der Waals surface area contributed by atoms with Gasteiger partial charge in [-0.3, -0.25) is 4.79 Å². The highest BCUT2D eigenvalue weighted by Crippen LogP contribution is 2.28. The van der Waals surface area contributed by atoms with Crippen LogP contribution in [-0.4, -0.2) is 19.5 Å². The Labute approximate surface area is 123 Å². The maximum Gasteiger partial charge on any atom is 0.201 e. The van der Waals surface area contributed by atoms with E-state index in [1.807, 2.05) is 19.1 Å². The van der Waals surface area contributed by atoms with Crippen LogP contribution >= 0.6 is 11.6 Å². The van der Waals surface area contributed by atoms with Crippen molar-refractivity contribution >= 4 is 17.4 Å². The summed E-state index contributed by atoms with van der Waals surface area (Å²) in [5.74, 6) is 0.980. The molecule has 0 fully saturated rings. The second-order valence-electron chi connectivity index (χ2n) is 4.35. The molecule has 104 valence electrons. The van der Waals surface area contributed by atoms with Crippen LogP contribution in [0.3, 0.4) is 0 Å². The third-order valence-corrected chi connectivity index (χ3v) is 3.18. The van der Waals surface area contributed by atoms with Crippen molar-refractivity contribution in [2.45, 2.75) is 6.92 Å². The van der Waals surface area contributed by atoms with E-state index in [9.17, 15) is 4.79 Å². The Bertz CT molecular complexity index is 623. The Morgan fingerprint density at radius 1 is 1.15 bits per heavy atom. The van der Waals surface area contributed by atoms with Crippen LogP contribution in [0.5, 0.6) is 11.5 Å². The minimum absolute atomic E-state index is 0.0802. The third-order valence-electron chi connectivity index (χ3n) is 2.85. The molecule has 3 nitrogen and oxygen atoms in total. The minimum atomic E-state index is -0.168. The highest BCUT2D eigenvalue weighted by molar-refractivity contribution is 6.34. The second kappa shape index (κ2) is 6.44. The van der Waals surface area contributed by atoms with E-state index in [0.717, 1.165) is 5.56 Å².